The third kappa shape index (κ3) is 4.62. The second kappa shape index (κ2) is 8.64. The Morgan fingerprint density at radius 3 is 2.59 bits per heavy atom. The van der Waals surface area contributed by atoms with E-state index in [0.717, 1.165) is 10.9 Å². The highest BCUT2D eigenvalue weighted by Gasteiger charge is 2.19. The highest BCUT2D eigenvalue weighted by molar-refractivity contribution is 5.99. The van der Waals surface area contributed by atoms with Gasteiger partial charge in [-0.1, -0.05) is 30.3 Å². The van der Waals surface area contributed by atoms with E-state index in [0.29, 0.717) is 24.1 Å². The van der Waals surface area contributed by atoms with E-state index in [9.17, 15) is 13.6 Å². The van der Waals surface area contributed by atoms with Gasteiger partial charge in [0.2, 0.25) is 0 Å². The van der Waals surface area contributed by atoms with Crippen LogP contribution in [0.1, 0.15) is 21.7 Å². The number of methoxy groups -OCH3 is 1. The van der Waals surface area contributed by atoms with E-state index in [1.54, 1.807) is 25.3 Å². The number of amides is 1. The summed E-state index contributed by atoms with van der Waals surface area (Å²) in [5, 5.41) is 3.66. The van der Waals surface area contributed by atoms with Crippen LogP contribution in [0.3, 0.4) is 0 Å². The maximum Gasteiger partial charge on any atom is 0.387 e. The Kier molecular flexibility index (Phi) is 6.03. The van der Waals surface area contributed by atoms with Crippen LogP contribution in [0.2, 0.25) is 0 Å². The van der Waals surface area contributed by atoms with Crippen LogP contribution >= 0.6 is 0 Å². The smallest absolute Gasteiger partial charge is 0.387 e. The number of benzene rings is 2. The lowest BCUT2D eigenvalue weighted by Gasteiger charge is -2.07. The predicted octanol–water partition coefficient (Wildman–Crippen LogP) is 4.15. The number of nitrogens with one attached hydrogen (secondary N) is 1. The Morgan fingerprint density at radius 2 is 1.89 bits per heavy atom. The van der Waals surface area contributed by atoms with E-state index in [1.165, 1.54) is 12.1 Å². The van der Waals surface area contributed by atoms with Crippen LogP contribution in [0.25, 0.3) is 11.0 Å². The number of carbonyl (C=O) groups excluding carboxylic acids is 1. The number of hydrogen-bond acceptors (Lipinski definition) is 4. The highest BCUT2D eigenvalue weighted by atomic mass is 19.3. The number of fused-ring (bicyclic) bond motifs is 1. The summed E-state index contributed by atoms with van der Waals surface area (Å²) in [4.78, 5) is 12.5. The molecule has 0 unspecified atom stereocenters. The summed E-state index contributed by atoms with van der Waals surface area (Å²) < 4.78 is 39.5. The van der Waals surface area contributed by atoms with Gasteiger partial charge in [0.1, 0.15) is 11.3 Å². The molecule has 1 aromatic heterocycles. The average molecular weight is 375 g/mol. The normalized spacial score (nSPS) is 11.1. The average Bonchev–Trinajstić information content (AvgIpc) is 3.02. The van der Waals surface area contributed by atoms with Gasteiger partial charge in [-0.2, -0.15) is 8.78 Å². The van der Waals surface area contributed by atoms with Gasteiger partial charge >= 0.3 is 6.61 Å². The van der Waals surface area contributed by atoms with Crippen molar-refractivity contribution in [2.45, 2.75) is 19.6 Å². The van der Waals surface area contributed by atoms with Gasteiger partial charge in [0.05, 0.1) is 6.61 Å². The van der Waals surface area contributed by atoms with E-state index in [2.05, 4.69) is 10.1 Å². The molecule has 0 bridgehead atoms. The molecule has 142 valence electrons. The molecule has 5 nitrogen and oxygen atoms in total. The summed E-state index contributed by atoms with van der Waals surface area (Å²) >= 11 is 0. The molecule has 3 aromatic rings. The van der Waals surface area contributed by atoms with Gasteiger partial charge < -0.3 is 19.2 Å². The minimum absolute atomic E-state index is 0.101. The summed E-state index contributed by atoms with van der Waals surface area (Å²) in [6.07, 6.45) is 0.542. The number of hydrogen-bond donors (Lipinski definition) is 1. The second-order valence-corrected chi connectivity index (χ2v) is 5.87. The van der Waals surface area contributed by atoms with Crippen molar-refractivity contribution in [3.63, 3.8) is 0 Å². The fourth-order valence-corrected chi connectivity index (χ4v) is 2.81. The van der Waals surface area contributed by atoms with E-state index in [4.69, 9.17) is 9.15 Å². The Hall–Kier alpha value is -2.93. The van der Waals surface area contributed by atoms with Crippen LogP contribution in [0.5, 0.6) is 5.75 Å². The van der Waals surface area contributed by atoms with Crippen molar-refractivity contribution in [3.05, 3.63) is 65.4 Å². The first-order chi connectivity index (χ1) is 13.1. The third-order valence-electron chi connectivity index (χ3n) is 4.04. The molecule has 2 aromatic carbocycles. The molecule has 1 N–H and O–H groups in total. The molecular formula is C20H19F2NO4. The monoisotopic (exact) mass is 375 g/mol. The molecule has 0 aliphatic rings. The van der Waals surface area contributed by atoms with Gasteiger partial charge in [-0.05, 0) is 30.2 Å². The van der Waals surface area contributed by atoms with Gasteiger partial charge in [0.25, 0.3) is 5.91 Å². The van der Waals surface area contributed by atoms with Crippen molar-refractivity contribution in [1.29, 1.82) is 0 Å². The Morgan fingerprint density at radius 1 is 1.15 bits per heavy atom. The first kappa shape index (κ1) is 18.8. The fraction of sp³-hybridized carbons (Fsp3) is 0.250. The Balaban J connectivity index is 1.62. The molecule has 0 saturated carbocycles. The quantitative estimate of drug-likeness (QED) is 0.642. The van der Waals surface area contributed by atoms with Gasteiger partial charge in [-0.25, -0.2) is 0 Å². The fourth-order valence-electron chi connectivity index (χ4n) is 2.81. The summed E-state index contributed by atoms with van der Waals surface area (Å²) in [5.41, 5.74) is 2.22. The summed E-state index contributed by atoms with van der Waals surface area (Å²) in [6.45, 7) is -2.21. The van der Waals surface area contributed by atoms with Gasteiger partial charge in [0, 0.05) is 24.6 Å². The summed E-state index contributed by atoms with van der Waals surface area (Å²) in [6, 6.07) is 13.7. The number of rotatable bonds is 8. The minimum atomic E-state index is -2.85. The zero-order valence-corrected chi connectivity index (χ0v) is 14.7. The lowest BCUT2D eigenvalue weighted by molar-refractivity contribution is -0.0498. The van der Waals surface area contributed by atoms with E-state index >= 15 is 0 Å². The maximum atomic E-state index is 12.5. The second-order valence-electron chi connectivity index (χ2n) is 5.87. The lowest BCUT2D eigenvalue weighted by Crippen LogP contribution is -2.26. The van der Waals surface area contributed by atoms with Crippen molar-refractivity contribution in [3.8, 4) is 5.75 Å². The van der Waals surface area contributed by atoms with Crippen LogP contribution < -0.4 is 10.1 Å². The third-order valence-corrected chi connectivity index (χ3v) is 4.04. The van der Waals surface area contributed by atoms with Crippen LogP contribution in [-0.2, 0) is 17.8 Å². The maximum absolute atomic E-state index is 12.5. The standard InChI is InChI=1S/C20H19F2NO4/c1-25-12-16-15-4-2-3-5-17(15)27-18(16)19(24)23-11-10-13-6-8-14(9-7-13)26-20(21)22/h2-9,20H,10-12H2,1H3,(H,23,24). The van der Waals surface area contributed by atoms with Gasteiger partial charge in [-0.3, -0.25) is 4.79 Å². The Bertz CT molecular complexity index is 906. The molecule has 0 saturated heterocycles. The van der Waals surface area contributed by atoms with E-state index in [1.807, 2.05) is 18.2 Å². The number of halogens is 2. The van der Waals surface area contributed by atoms with Crippen molar-refractivity contribution >= 4 is 16.9 Å². The molecule has 7 heteroatoms. The first-order valence-electron chi connectivity index (χ1n) is 8.39. The van der Waals surface area contributed by atoms with Gasteiger partial charge in [-0.15, -0.1) is 0 Å². The molecule has 0 fully saturated rings. The Labute approximate surface area is 154 Å². The predicted molar refractivity (Wildman–Crippen MR) is 96.0 cm³/mol. The van der Waals surface area contributed by atoms with Crippen LogP contribution in [0.4, 0.5) is 8.78 Å². The van der Waals surface area contributed by atoms with Crippen molar-refractivity contribution in [1.82, 2.24) is 5.32 Å². The number of ether oxygens (including phenoxy) is 2. The molecule has 27 heavy (non-hydrogen) atoms. The largest absolute Gasteiger partial charge is 0.451 e. The van der Waals surface area contributed by atoms with Crippen LogP contribution in [0, 0.1) is 0 Å². The SMILES string of the molecule is COCc1c(C(=O)NCCc2ccc(OC(F)F)cc2)oc2ccccc12. The summed E-state index contributed by atoms with van der Waals surface area (Å²) in [5.74, 6) is 0.0129. The van der Waals surface area contributed by atoms with E-state index < -0.39 is 6.61 Å². The number of para-hydroxylation sites is 1. The number of furan rings is 1. The van der Waals surface area contributed by atoms with Crippen molar-refractivity contribution in [2.24, 2.45) is 0 Å². The van der Waals surface area contributed by atoms with Crippen molar-refractivity contribution < 1.29 is 27.5 Å². The van der Waals surface area contributed by atoms with E-state index in [-0.39, 0.29) is 24.0 Å². The molecule has 0 atom stereocenters. The molecule has 0 spiro atoms. The zero-order valence-electron chi connectivity index (χ0n) is 14.7. The highest BCUT2D eigenvalue weighted by Crippen LogP contribution is 2.26. The summed E-state index contributed by atoms with van der Waals surface area (Å²) in [7, 11) is 1.56. The number of carbonyl (C=O) groups is 1. The molecule has 1 amide bonds. The minimum Gasteiger partial charge on any atom is -0.451 e. The first-order valence-corrected chi connectivity index (χ1v) is 8.39. The van der Waals surface area contributed by atoms with Gasteiger partial charge in [0.15, 0.2) is 5.76 Å². The lowest BCUT2D eigenvalue weighted by atomic mass is 10.1. The van der Waals surface area contributed by atoms with Crippen LogP contribution in [-0.4, -0.2) is 26.2 Å². The molecule has 0 radical (unpaired) electrons. The number of alkyl halides is 2. The van der Waals surface area contributed by atoms with Crippen molar-refractivity contribution in [2.75, 3.05) is 13.7 Å². The molecule has 0 aliphatic carbocycles. The molecule has 0 aliphatic heterocycles. The topological polar surface area (TPSA) is 60.7 Å². The van der Waals surface area contributed by atoms with Crippen LogP contribution in [0.15, 0.2) is 52.9 Å². The molecule has 3 rings (SSSR count). The molecule has 1 heterocycles. The zero-order chi connectivity index (χ0) is 19.2. The molecular weight excluding hydrogens is 356 g/mol.